The van der Waals surface area contributed by atoms with Crippen molar-refractivity contribution in [2.75, 3.05) is 13.2 Å². The van der Waals surface area contributed by atoms with Crippen LogP contribution in [0.4, 0.5) is 0 Å². The number of hydrogen-bond acceptors (Lipinski definition) is 8. The Hall–Kier alpha value is -2.26. The molecule has 0 rings (SSSR count). The van der Waals surface area contributed by atoms with Gasteiger partial charge < -0.3 is 29.9 Å². The highest BCUT2D eigenvalue weighted by atomic mass is 16.6. The predicted molar refractivity (Wildman–Crippen MR) is 191 cm³/mol. The summed E-state index contributed by atoms with van der Waals surface area (Å²) in [6.07, 6.45) is 28.3. The Labute approximate surface area is 286 Å². The van der Waals surface area contributed by atoms with E-state index in [2.05, 4.69) is 20.8 Å². The number of esters is 2. The van der Waals surface area contributed by atoms with Crippen LogP contribution in [0.25, 0.3) is 0 Å². The lowest BCUT2D eigenvalue weighted by molar-refractivity contribution is -0.161. The van der Waals surface area contributed by atoms with E-state index in [1.165, 1.54) is 57.4 Å². The van der Waals surface area contributed by atoms with Crippen LogP contribution in [-0.2, 0) is 19.1 Å². The van der Waals surface area contributed by atoms with Crippen molar-refractivity contribution < 1.29 is 39.5 Å². The molecule has 0 spiro atoms. The third-order valence-corrected chi connectivity index (χ3v) is 7.92. The number of unbranched alkanes of at least 4 members (excludes halogenated alkanes) is 11. The van der Waals surface area contributed by atoms with Crippen molar-refractivity contribution >= 4 is 11.9 Å². The molecule has 0 aromatic heterocycles. The largest absolute Gasteiger partial charge is 0.462 e. The van der Waals surface area contributed by atoms with Crippen LogP contribution in [0.3, 0.4) is 0 Å². The molecule has 0 aromatic rings. The van der Waals surface area contributed by atoms with Gasteiger partial charge in [0, 0.05) is 12.8 Å². The summed E-state index contributed by atoms with van der Waals surface area (Å²) in [5.74, 6) is -0.122. The van der Waals surface area contributed by atoms with Gasteiger partial charge in [0.25, 0.3) is 0 Å². The fourth-order valence-electron chi connectivity index (χ4n) is 4.94. The Kier molecular flexibility index (Phi) is 30.7. The molecular weight excluding hydrogens is 596 g/mol. The van der Waals surface area contributed by atoms with Crippen molar-refractivity contribution in [3.8, 4) is 0 Å². The molecule has 0 amide bonds. The topological polar surface area (TPSA) is 134 Å². The van der Waals surface area contributed by atoms with Gasteiger partial charge in [0.2, 0.25) is 0 Å². The monoisotopic (exact) mass is 664 g/mol. The van der Waals surface area contributed by atoms with E-state index in [1.807, 2.05) is 6.08 Å². The number of allylic oxidation sites excluding steroid dienone is 6. The molecule has 0 aliphatic carbocycles. The number of carbonyl (C=O) groups excluding carboxylic acids is 2. The molecule has 0 aliphatic rings. The van der Waals surface area contributed by atoms with Crippen LogP contribution in [0.2, 0.25) is 0 Å². The number of aliphatic hydroxyl groups is 4. The molecule has 272 valence electrons. The average molecular weight is 665 g/mol. The lowest BCUT2D eigenvalue weighted by Gasteiger charge is -2.16. The summed E-state index contributed by atoms with van der Waals surface area (Å²) in [5, 5.41) is 39.6. The summed E-state index contributed by atoms with van der Waals surface area (Å²) in [4.78, 5) is 24.2. The van der Waals surface area contributed by atoms with Gasteiger partial charge in [-0.05, 0) is 31.6 Å². The third-order valence-electron chi connectivity index (χ3n) is 7.92. The summed E-state index contributed by atoms with van der Waals surface area (Å²) >= 11 is 0. The van der Waals surface area contributed by atoms with Crippen LogP contribution in [0.5, 0.6) is 0 Å². The first-order valence-corrected chi connectivity index (χ1v) is 18.4. The Morgan fingerprint density at radius 1 is 0.617 bits per heavy atom. The molecule has 0 aromatic carbocycles. The molecule has 0 radical (unpaired) electrons. The van der Waals surface area contributed by atoms with E-state index in [4.69, 9.17) is 9.47 Å². The second-order valence-corrected chi connectivity index (χ2v) is 13.0. The SMILES string of the molecule is CCCCC[C@@H](O)/C=C/C=C\C=C\C=C\[C@@H](O)[C@H](O)CCCC(=O)OC[C@H](CO)OC(=O)CCCCCCCCCCCCC(C)C. The van der Waals surface area contributed by atoms with Crippen LogP contribution in [0, 0.1) is 5.92 Å². The van der Waals surface area contributed by atoms with Crippen LogP contribution in [0.15, 0.2) is 48.6 Å². The first-order chi connectivity index (χ1) is 22.7. The van der Waals surface area contributed by atoms with Crippen molar-refractivity contribution in [1.82, 2.24) is 0 Å². The molecule has 0 fully saturated rings. The van der Waals surface area contributed by atoms with Crippen LogP contribution < -0.4 is 0 Å². The van der Waals surface area contributed by atoms with E-state index < -0.39 is 43.0 Å². The van der Waals surface area contributed by atoms with Crippen molar-refractivity contribution in [3.63, 3.8) is 0 Å². The summed E-state index contributed by atoms with van der Waals surface area (Å²) in [7, 11) is 0. The molecule has 0 bridgehead atoms. The highest BCUT2D eigenvalue weighted by molar-refractivity contribution is 5.70. The molecule has 0 saturated carbocycles. The molecular formula is C39H68O8. The van der Waals surface area contributed by atoms with E-state index in [-0.39, 0.29) is 25.9 Å². The van der Waals surface area contributed by atoms with Crippen LogP contribution in [0.1, 0.15) is 143 Å². The van der Waals surface area contributed by atoms with Crippen molar-refractivity contribution in [2.24, 2.45) is 5.92 Å². The van der Waals surface area contributed by atoms with Crippen molar-refractivity contribution in [2.45, 2.75) is 167 Å². The van der Waals surface area contributed by atoms with Gasteiger partial charge in [-0.1, -0.05) is 153 Å². The van der Waals surface area contributed by atoms with Crippen molar-refractivity contribution in [3.05, 3.63) is 48.6 Å². The van der Waals surface area contributed by atoms with Gasteiger partial charge in [-0.15, -0.1) is 0 Å². The number of hydrogen-bond donors (Lipinski definition) is 4. The van der Waals surface area contributed by atoms with E-state index in [0.29, 0.717) is 6.42 Å². The van der Waals surface area contributed by atoms with Gasteiger partial charge in [0.05, 0.1) is 24.9 Å². The maximum Gasteiger partial charge on any atom is 0.306 e. The van der Waals surface area contributed by atoms with Gasteiger partial charge in [-0.3, -0.25) is 9.59 Å². The Morgan fingerprint density at radius 2 is 1.15 bits per heavy atom. The lowest BCUT2D eigenvalue weighted by atomic mass is 10.0. The van der Waals surface area contributed by atoms with Crippen LogP contribution in [-0.4, -0.2) is 70.0 Å². The molecule has 0 aliphatic heterocycles. The third kappa shape index (κ3) is 30.8. The first kappa shape index (κ1) is 44.7. The van der Waals surface area contributed by atoms with E-state index in [0.717, 1.165) is 50.9 Å². The van der Waals surface area contributed by atoms with E-state index in [9.17, 15) is 30.0 Å². The van der Waals surface area contributed by atoms with Crippen LogP contribution >= 0.6 is 0 Å². The maximum atomic E-state index is 12.1. The quantitative estimate of drug-likeness (QED) is 0.0335. The molecule has 8 nitrogen and oxygen atoms in total. The summed E-state index contributed by atoms with van der Waals surface area (Å²) in [5.41, 5.74) is 0. The zero-order chi connectivity index (χ0) is 35.0. The number of rotatable bonds is 31. The number of carbonyl (C=O) groups is 2. The molecule has 4 atom stereocenters. The molecule has 4 N–H and O–H groups in total. The fraction of sp³-hybridized carbons (Fsp3) is 0.744. The first-order valence-electron chi connectivity index (χ1n) is 18.4. The smallest absolute Gasteiger partial charge is 0.306 e. The highest BCUT2D eigenvalue weighted by Crippen LogP contribution is 2.14. The standard InChI is InChI=1S/C39H68O8/c1-4-5-18-25-34(41)26-20-15-12-13-16-21-27-36(42)37(43)28-23-30-38(44)46-32-35(31-40)47-39(45)29-22-17-11-9-7-6-8-10-14-19-24-33(2)3/h12-13,15-16,20-21,26-27,33-37,40-43H,4-11,14,17-19,22-25,28-32H2,1-3H3/b15-12-,16-13+,26-20+,27-21+/t34-,35+,36-,37-/m1/s1. The molecule has 8 heteroatoms. The zero-order valence-corrected chi connectivity index (χ0v) is 29.8. The summed E-state index contributed by atoms with van der Waals surface area (Å²) in [6.45, 7) is 6.03. The lowest BCUT2D eigenvalue weighted by Crippen LogP contribution is -2.28. The average Bonchev–Trinajstić information content (AvgIpc) is 3.04. The zero-order valence-electron chi connectivity index (χ0n) is 29.8. The minimum Gasteiger partial charge on any atom is -0.462 e. The maximum absolute atomic E-state index is 12.1. The van der Waals surface area contributed by atoms with Gasteiger partial charge in [0.15, 0.2) is 6.10 Å². The molecule has 47 heavy (non-hydrogen) atoms. The summed E-state index contributed by atoms with van der Waals surface area (Å²) < 4.78 is 10.4. The Morgan fingerprint density at radius 3 is 1.74 bits per heavy atom. The Balaban J connectivity index is 3.96. The summed E-state index contributed by atoms with van der Waals surface area (Å²) in [6, 6.07) is 0. The predicted octanol–water partition coefficient (Wildman–Crippen LogP) is 7.83. The second kappa shape index (κ2) is 32.3. The number of aliphatic hydroxyl groups excluding tert-OH is 4. The van der Waals surface area contributed by atoms with Gasteiger partial charge in [-0.25, -0.2) is 0 Å². The van der Waals surface area contributed by atoms with Crippen molar-refractivity contribution in [1.29, 1.82) is 0 Å². The van der Waals surface area contributed by atoms with Gasteiger partial charge >= 0.3 is 11.9 Å². The number of ether oxygens (including phenoxy) is 2. The van der Waals surface area contributed by atoms with Gasteiger partial charge in [-0.2, -0.15) is 0 Å². The molecule has 0 heterocycles. The normalized spacial score (nSPS) is 14.9. The molecule has 0 saturated heterocycles. The molecule has 0 unspecified atom stereocenters. The second-order valence-electron chi connectivity index (χ2n) is 13.0. The van der Waals surface area contributed by atoms with Gasteiger partial charge in [0.1, 0.15) is 6.61 Å². The minimum absolute atomic E-state index is 0.0310. The highest BCUT2D eigenvalue weighted by Gasteiger charge is 2.17. The Bertz CT molecular complexity index is 863. The minimum atomic E-state index is -1.08. The fourth-order valence-corrected chi connectivity index (χ4v) is 4.94. The van der Waals surface area contributed by atoms with E-state index in [1.54, 1.807) is 36.5 Å². The van der Waals surface area contributed by atoms with E-state index >= 15 is 0 Å².